The van der Waals surface area contributed by atoms with Gasteiger partial charge in [0.1, 0.15) is 5.75 Å². The molecular weight excluding hydrogens is 412 g/mol. The van der Waals surface area contributed by atoms with E-state index >= 15 is 0 Å². The van der Waals surface area contributed by atoms with E-state index in [4.69, 9.17) is 4.74 Å². The third kappa shape index (κ3) is 5.72. The summed E-state index contributed by atoms with van der Waals surface area (Å²) in [5.74, 6) is 0.633. The molecule has 0 radical (unpaired) electrons. The van der Waals surface area contributed by atoms with Crippen LogP contribution in [0.4, 0.5) is 11.4 Å². The fourth-order valence-electron chi connectivity index (χ4n) is 2.50. The molecule has 3 rings (SSSR count). The molecule has 3 aromatic carbocycles. The van der Waals surface area contributed by atoms with Crippen molar-refractivity contribution in [3.63, 3.8) is 0 Å². The minimum atomic E-state index is -3.81. The lowest BCUT2D eigenvalue weighted by molar-refractivity contribution is 0.485. The number of hydrogen-bond donors (Lipinski definition) is 2. The van der Waals surface area contributed by atoms with Crippen molar-refractivity contribution in [2.45, 2.75) is 11.8 Å². The lowest BCUT2D eigenvalue weighted by Gasteiger charge is -2.15. The second kappa shape index (κ2) is 8.14. The quantitative estimate of drug-likeness (QED) is 0.588. The average molecular weight is 433 g/mol. The van der Waals surface area contributed by atoms with E-state index in [0.29, 0.717) is 5.75 Å². The third-order valence-electron chi connectivity index (χ3n) is 3.83. The standard InChI is InChI=1S/C20H20N2O5S2/c1-15-8-11-18(12-9-15)29(25,26)21-16-10-13-19(22-28(2,23)24)20(14-16)27-17-6-4-3-5-7-17/h3-14,21-22H,1-2H3. The van der Waals surface area contributed by atoms with Gasteiger partial charge in [0.05, 0.1) is 22.5 Å². The summed E-state index contributed by atoms with van der Waals surface area (Å²) in [6.07, 6.45) is 1.02. The van der Waals surface area contributed by atoms with E-state index in [-0.39, 0.29) is 22.0 Å². The van der Waals surface area contributed by atoms with E-state index < -0.39 is 20.0 Å². The van der Waals surface area contributed by atoms with Crippen LogP contribution in [0.25, 0.3) is 0 Å². The first-order valence-corrected chi connectivity index (χ1v) is 11.9. The van der Waals surface area contributed by atoms with Crippen molar-refractivity contribution in [2.24, 2.45) is 0 Å². The van der Waals surface area contributed by atoms with Gasteiger partial charge in [0.15, 0.2) is 5.75 Å². The molecule has 0 amide bonds. The fourth-order valence-corrected chi connectivity index (χ4v) is 4.12. The second-order valence-electron chi connectivity index (χ2n) is 6.42. The van der Waals surface area contributed by atoms with Gasteiger partial charge in [-0.2, -0.15) is 0 Å². The summed E-state index contributed by atoms with van der Waals surface area (Å²) >= 11 is 0. The Morgan fingerprint density at radius 1 is 0.793 bits per heavy atom. The molecule has 7 nitrogen and oxygen atoms in total. The van der Waals surface area contributed by atoms with Gasteiger partial charge >= 0.3 is 0 Å². The predicted octanol–water partition coefficient (Wildman–Crippen LogP) is 3.96. The maximum atomic E-state index is 12.6. The van der Waals surface area contributed by atoms with Crippen molar-refractivity contribution in [1.82, 2.24) is 0 Å². The zero-order valence-electron chi connectivity index (χ0n) is 15.8. The molecule has 0 atom stereocenters. The molecule has 0 saturated heterocycles. The molecule has 0 unspecified atom stereocenters. The summed E-state index contributed by atoms with van der Waals surface area (Å²) in [5, 5.41) is 0. The number of hydrogen-bond acceptors (Lipinski definition) is 5. The van der Waals surface area contributed by atoms with Crippen molar-refractivity contribution in [3.05, 3.63) is 78.4 Å². The molecule has 0 spiro atoms. The normalized spacial score (nSPS) is 11.7. The van der Waals surface area contributed by atoms with E-state index in [1.807, 2.05) is 13.0 Å². The first kappa shape index (κ1) is 20.7. The SMILES string of the molecule is Cc1ccc(S(=O)(=O)Nc2ccc(NS(C)(=O)=O)c(Oc3ccccc3)c2)cc1. The van der Waals surface area contributed by atoms with Gasteiger partial charge in [-0.15, -0.1) is 0 Å². The van der Waals surface area contributed by atoms with Crippen LogP contribution in [0.3, 0.4) is 0 Å². The second-order valence-corrected chi connectivity index (χ2v) is 9.85. The van der Waals surface area contributed by atoms with Crippen molar-refractivity contribution >= 4 is 31.4 Å². The van der Waals surface area contributed by atoms with Gasteiger partial charge in [0.2, 0.25) is 10.0 Å². The van der Waals surface area contributed by atoms with Crippen LogP contribution in [-0.4, -0.2) is 23.1 Å². The Morgan fingerprint density at radius 3 is 2.07 bits per heavy atom. The van der Waals surface area contributed by atoms with E-state index in [0.717, 1.165) is 11.8 Å². The maximum absolute atomic E-state index is 12.6. The van der Waals surface area contributed by atoms with Crippen molar-refractivity contribution < 1.29 is 21.6 Å². The summed E-state index contributed by atoms with van der Waals surface area (Å²) in [7, 11) is -7.37. The topological polar surface area (TPSA) is 102 Å². The van der Waals surface area contributed by atoms with Gasteiger partial charge < -0.3 is 4.74 Å². The van der Waals surface area contributed by atoms with E-state index in [1.54, 1.807) is 36.4 Å². The first-order chi connectivity index (χ1) is 13.6. The largest absolute Gasteiger partial charge is 0.455 e. The van der Waals surface area contributed by atoms with Gasteiger partial charge in [0.25, 0.3) is 10.0 Å². The highest BCUT2D eigenvalue weighted by molar-refractivity contribution is 7.92. The molecule has 0 aliphatic carbocycles. The lowest BCUT2D eigenvalue weighted by Crippen LogP contribution is -2.14. The van der Waals surface area contributed by atoms with Crippen LogP contribution in [0.1, 0.15) is 5.56 Å². The molecular formula is C20H20N2O5S2. The molecule has 9 heteroatoms. The van der Waals surface area contributed by atoms with Gasteiger partial charge in [0, 0.05) is 6.07 Å². The highest BCUT2D eigenvalue weighted by Gasteiger charge is 2.16. The molecule has 3 aromatic rings. The Labute approximate surface area is 170 Å². The van der Waals surface area contributed by atoms with Gasteiger partial charge in [-0.25, -0.2) is 16.8 Å². The van der Waals surface area contributed by atoms with E-state index in [1.165, 1.54) is 30.3 Å². The zero-order valence-corrected chi connectivity index (χ0v) is 17.4. The molecule has 0 aliphatic rings. The number of rotatable bonds is 7. The van der Waals surface area contributed by atoms with Crippen molar-refractivity contribution in [2.75, 3.05) is 15.7 Å². The lowest BCUT2D eigenvalue weighted by atomic mass is 10.2. The summed E-state index contributed by atoms with van der Waals surface area (Å²) < 4.78 is 59.2. The van der Waals surface area contributed by atoms with E-state index in [2.05, 4.69) is 9.44 Å². The smallest absolute Gasteiger partial charge is 0.261 e. The highest BCUT2D eigenvalue weighted by atomic mass is 32.2. The molecule has 0 aromatic heterocycles. The van der Waals surface area contributed by atoms with Crippen molar-refractivity contribution in [1.29, 1.82) is 0 Å². The third-order valence-corrected chi connectivity index (χ3v) is 5.82. The maximum Gasteiger partial charge on any atom is 0.261 e. The Kier molecular flexibility index (Phi) is 5.81. The zero-order chi connectivity index (χ0) is 21.1. The average Bonchev–Trinajstić information content (AvgIpc) is 2.64. The minimum Gasteiger partial charge on any atom is -0.455 e. The number of para-hydroxylation sites is 1. The Balaban J connectivity index is 1.95. The Bertz CT molecular complexity index is 1210. The van der Waals surface area contributed by atoms with Crippen LogP contribution in [0, 0.1) is 6.92 Å². The summed E-state index contributed by atoms with van der Waals surface area (Å²) in [4.78, 5) is 0.118. The van der Waals surface area contributed by atoms with Gasteiger partial charge in [-0.1, -0.05) is 35.9 Å². The molecule has 0 heterocycles. The number of benzene rings is 3. The molecule has 152 valence electrons. The molecule has 0 fully saturated rings. The highest BCUT2D eigenvalue weighted by Crippen LogP contribution is 2.33. The van der Waals surface area contributed by atoms with Crippen LogP contribution in [0.5, 0.6) is 11.5 Å². The molecule has 0 bridgehead atoms. The number of ether oxygens (including phenoxy) is 1. The number of anilines is 2. The monoisotopic (exact) mass is 432 g/mol. The van der Waals surface area contributed by atoms with Crippen LogP contribution in [-0.2, 0) is 20.0 Å². The fraction of sp³-hybridized carbons (Fsp3) is 0.100. The number of aryl methyl sites for hydroxylation is 1. The van der Waals surface area contributed by atoms with Gasteiger partial charge in [-0.3, -0.25) is 9.44 Å². The predicted molar refractivity (Wildman–Crippen MR) is 113 cm³/mol. The summed E-state index contributed by atoms with van der Waals surface area (Å²) in [5.41, 5.74) is 1.36. The van der Waals surface area contributed by atoms with Gasteiger partial charge in [-0.05, 0) is 43.3 Å². The molecule has 29 heavy (non-hydrogen) atoms. The number of sulfonamides is 2. The molecule has 0 saturated carbocycles. The minimum absolute atomic E-state index is 0.118. The van der Waals surface area contributed by atoms with Crippen LogP contribution >= 0.6 is 0 Å². The first-order valence-electron chi connectivity index (χ1n) is 8.57. The van der Waals surface area contributed by atoms with Crippen molar-refractivity contribution in [3.8, 4) is 11.5 Å². The van der Waals surface area contributed by atoms with E-state index in [9.17, 15) is 16.8 Å². The molecule has 2 N–H and O–H groups in total. The Hall–Kier alpha value is -3.04. The van der Waals surface area contributed by atoms with Crippen LogP contribution in [0.15, 0.2) is 77.7 Å². The van der Waals surface area contributed by atoms with Crippen LogP contribution < -0.4 is 14.2 Å². The Morgan fingerprint density at radius 2 is 1.45 bits per heavy atom. The molecule has 0 aliphatic heterocycles. The van der Waals surface area contributed by atoms with Crippen LogP contribution in [0.2, 0.25) is 0 Å². The summed E-state index contributed by atoms with van der Waals surface area (Å²) in [6, 6.07) is 19.5. The summed E-state index contributed by atoms with van der Waals surface area (Å²) in [6.45, 7) is 1.87. The number of nitrogens with one attached hydrogen (secondary N) is 2.